The summed E-state index contributed by atoms with van der Waals surface area (Å²) in [5.74, 6) is -1.08. The van der Waals surface area contributed by atoms with Gasteiger partial charge in [-0.05, 0) is 30.2 Å². The van der Waals surface area contributed by atoms with Crippen LogP contribution in [0.15, 0.2) is 12.1 Å². The van der Waals surface area contributed by atoms with Crippen molar-refractivity contribution < 1.29 is 9.59 Å². The Kier molecular flexibility index (Phi) is 3.38. The van der Waals surface area contributed by atoms with Crippen LogP contribution in [-0.2, 0) is 9.59 Å². The molecule has 0 saturated carbocycles. The number of benzene rings is 1. The standard InChI is InChI=1S/C11H10Cl2N2O2/c1-5-7(12)2-6(3-8(5)13)9-4-10(16)11(17)15-14-9/h2-3,9,14H,4H2,1H3,(H,15,17). The number of nitrogens with one attached hydrogen (secondary N) is 2. The van der Waals surface area contributed by atoms with Gasteiger partial charge in [-0.25, -0.2) is 5.43 Å². The largest absolute Gasteiger partial charge is 0.301 e. The second-order valence-electron chi connectivity index (χ2n) is 3.89. The topological polar surface area (TPSA) is 58.2 Å². The van der Waals surface area contributed by atoms with Gasteiger partial charge in [-0.2, -0.15) is 0 Å². The first-order chi connectivity index (χ1) is 7.99. The summed E-state index contributed by atoms with van der Waals surface area (Å²) < 4.78 is 0. The summed E-state index contributed by atoms with van der Waals surface area (Å²) in [6.45, 7) is 1.82. The fraction of sp³-hybridized carbons (Fsp3) is 0.273. The maximum atomic E-state index is 11.3. The average molecular weight is 273 g/mol. The van der Waals surface area contributed by atoms with Crippen molar-refractivity contribution in [1.29, 1.82) is 0 Å². The monoisotopic (exact) mass is 272 g/mol. The van der Waals surface area contributed by atoms with Crippen LogP contribution in [0.1, 0.15) is 23.6 Å². The summed E-state index contributed by atoms with van der Waals surface area (Å²) in [5.41, 5.74) is 6.63. The van der Waals surface area contributed by atoms with Crippen LogP contribution in [0.4, 0.5) is 0 Å². The molecule has 17 heavy (non-hydrogen) atoms. The highest BCUT2D eigenvalue weighted by molar-refractivity contribution is 6.37. The molecule has 0 aliphatic carbocycles. The van der Waals surface area contributed by atoms with Crippen molar-refractivity contribution in [2.75, 3.05) is 0 Å². The minimum Gasteiger partial charge on any atom is -0.289 e. The highest BCUT2D eigenvalue weighted by Gasteiger charge is 2.27. The molecule has 1 heterocycles. The first-order valence-electron chi connectivity index (χ1n) is 5.03. The summed E-state index contributed by atoms with van der Waals surface area (Å²) in [5, 5.41) is 1.08. The number of Topliss-reactive ketones (excluding diaryl/α,β-unsaturated/α-hetero) is 1. The Hall–Kier alpha value is -1.10. The van der Waals surface area contributed by atoms with Crippen molar-refractivity contribution in [2.45, 2.75) is 19.4 Å². The van der Waals surface area contributed by atoms with E-state index in [-0.39, 0.29) is 12.5 Å². The van der Waals surface area contributed by atoms with Gasteiger partial charge >= 0.3 is 5.91 Å². The number of carbonyl (C=O) groups is 2. The van der Waals surface area contributed by atoms with Crippen LogP contribution >= 0.6 is 23.2 Å². The number of rotatable bonds is 1. The maximum absolute atomic E-state index is 11.3. The Morgan fingerprint density at radius 2 is 1.82 bits per heavy atom. The van der Waals surface area contributed by atoms with Crippen LogP contribution in [0.5, 0.6) is 0 Å². The average Bonchev–Trinajstić information content (AvgIpc) is 2.29. The number of amides is 1. The van der Waals surface area contributed by atoms with E-state index in [0.717, 1.165) is 11.1 Å². The molecule has 0 bridgehead atoms. The van der Waals surface area contributed by atoms with Gasteiger partial charge in [0.1, 0.15) is 0 Å². The fourth-order valence-electron chi connectivity index (χ4n) is 1.62. The van der Waals surface area contributed by atoms with Gasteiger partial charge in [0, 0.05) is 16.5 Å². The Bertz CT molecular complexity index is 479. The van der Waals surface area contributed by atoms with Gasteiger partial charge in [0.25, 0.3) is 0 Å². The summed E-state index contributed by atoms with van der Waals surface area (Å²) in [6.07, 6.45) is 0.0988. The van der Waals surface area contributed by atoms with Gasteiger partial charge in [-0.15, -0.1) is 0 Å². The number of ketones is 1. The molecule has 1 fully saturated rings. The molecule has 1 aromatic carbocycles. The molecule has 1 saturated heterocycles. The van der Waals surface area contributed by atoms with Gasteiger partial charge in [0.2, 0.25) is 5.78 Å². The van der Waals surface area contributed by atoms with E-state index in [1.807, 2.05) is 6.92 Å². The zero-order valence-electron chi connectivity index (χ0n) is 9.01. The SMILES string of the molecule is Cc1c(Cl)cc(C2CC(=O)C(=O)NN2)cc1Cl. The lowest BCUT2D eigenvalue weighted by molar-refractivity contribution is -0.141. The number of hydrogen-bond donors (Lipinski definition) is 2. The third-order valence-electron chi connectivity index (χ3n) is 2.71. The minimum absolute atomic E-state index is 0.0988. The lowest BCUT2D eigenvalue weighted by Gasteiger charge is -2.23. The lowest BCUT2D eigenvalue weighted by atomic mass is 9.99. The molecular formula is C11H10Cl2N2O2. The predicted molar refractivity (Wildman–Crippen MR) is 64.8 cm³/mol. The molecular weight excluding hydrogens is 263 g/mol. The summed E-state index contributed by atoms with van der Waals surface area (Å²) in [6, 6.07) is 3.19. The maximum Gasteiger partial charge on any atom is 0.301 e. The Labute approximate surface area is 108 Å². The van der Waals surface area contributed by atoms with Crippen LogP contribution in [0.3, 0.4) is 0 Å². The molecule has 90 valence electrons. The van der Waals surface area contributed by atoms with Gasteiger partial charge in [-0.3, -0.25) is 15.0 Å². The van der Waals surface area contributed by atoms with Gasteiger partial charge in [0.15, 0.2) is 0 Å². The van der Waals surface area contributed by atoms with Crippen molar-refractivity contribution in [2.24, 2.45) is 0 Å². The zero-order chi connectivity index (χ0) is 12.6. The number of carbonyl (C=O) groups excluding carboxylic acids is 2. The van der Waals surface area contributed by atoms with Crippen molar-refractivity contribution >= 4 is 34.9 Å². The lowest BCUT2D eigenvalue weighted by Crippen LogP contribution is -2.49. The van der Waals surface area contributed by atoms with Crippen molar-refractivity contribution in [3.8, 4) is 0 Å². The number of halogens is 2. The summed E-state index contributed by atoms with van der Waals surface area (Å²) in [4.78, 5) is 22.3. The van der Waals surface area contributed by atoms with Crippen molar-refractivity contribution in [1.82, 2.24) is 10.9 Å². The molecule has 0 spiro atoms. The molecule has 1 amide bonds. The third-order valence-corrected chi connectivity index (χ3v) is 3.49. The number of hydrogen-bond acceptors (Lipinski definition) is 3. The molecule has 1 aliphatic heterocycles. The number of hydrazine groups is 1. The van der Waals surface area contributed by atoms with E-state index in [1.165, 1.54) is 0 Å². The first-order valence-corrected chi connectivity index (χ1v) is 5.79. The van der Waals surface area contributed by atoms with Crippen LogP contribution in [0, 0.1) is 6.92 Å². The molecule has 1 aromatic rings. The first kappa shape index (κ1) is 12.4. The predicted octanol–water partition coefficient (Wildman–Crippen LogP) is 1.94. The van der Waals surface area contributed by atoms with Gasteiger partial charge in [-0.1, -0.05) is 23.2 Å². The summed E-state index contributed by atoms with van der Waals surface area (Å²) >= 11 is 12.0. The molecule has 1 atom stereocenters. The molecule has 2 rings (SSSR count). The van der Waals surface area contributed by atoms with Crippen molar-refractivity contribution in [3.63, 3.8) is 0 Å². The van der Waals surface area contributed by atoms with E-state index in [9.17, 15) is 9.59 Å². The summed E-state index contributed by atoms with van der Waals surface area (Å²) in [7, 11) is 0. The van der Waals surface area contributed by atoms with Gasteiger partial charge in [0.05, 0.1) is 6.04 Å². The molecule has 0 aromatic heterocycles. The fourth-order valence-corrected chi connectivity index (χ4v) is 2.12. The molecule has 0 radical (unpaired) electrons. The molecule has 6 heteroatoms. The highest BCUT2D eigenvalue weighted by Crippen LogP contribution is 2.30. The Morgan fingerprint density at radius 1 is 1.24 bits per heavy atom. The Balaban J connectivity index is 2.29. The van der Waals surface area contributed by atoms with E-state index in [1.54, 1.807) is 12.1 Å². The van der Waals surface area contributed by atoms with E-state index in [2.05, 4.69) is 10.9 Å². The third kappa shape index (κ3) is 2.44. The van der Waals surface area contributed by atoms with Crippen molar-refractivity contribution in [3.05, 3.63) is 33.3 Å². The van der Waals surface area contributed by atoms with E-state index in [4.69, 9.17) is 23.2 Å². The normalized spacial score (nSPS) is 20.3. The quantitative estimate of drug-likeness (QED) is 0.769. The molecule has 1 unspecified atom stereocenters. The minimum atomic E-state index is -0.620. The van der Waals surface area contributed by atoms with Crippen LogP contribution in [0.25, 0.3) is 0 Å². The van der Waals surface area contributed by atoms with E-state index < -0.39 is 11.7 Å². The molecule has 4 nitrogen and oxygen atoms in total. The van der Waals surface area contributed by atoms with Crippen LogP contribution < -0.4 is 10.9 Å². The van der Waals surface area contributed by atoms with Crippen LogP contribution in [0.2, 0.25) is 10.0 Å². The molecule has 1 aliphatic rings. The van der Waals surface area contributed by atoms with Crippen LogP contribution in [-0.4, -0.2) is 11.7 Å². The highest BCUT2D eigenvalue weighted by atomic mass is 35.5. The van der Waals surface area contributed by atoms with E-state index >= 15 is 0 Å². The zero-order valence-corrected chi connectivity index (χ0v) is 10.5. The smallest absolute Gasteiger partial charge is 0.289 e. The van der Waals surface area contributed by atoms with Gasteiger partial charge < -0.3 is 0 Å². The molecule has 2 N–H and O–H groups in total. The van der Waals surface area contributed by atoms with E-state index in [0.29, 0.717) is 10.0 Å². The second kappa shape index (κ2) is 4.64. The second-order valence-corrected chi connectivity index (χ2v) is 4.70. The Morgan fingerprint density at radius 3 is 2.35 bits per heavy atom.